The molecule has 1 saturated heterocycles. The fraction of sp³-hybridized carbons (Fsp3) is 0.588. The standard InChI is InChI=1S/C17H23ClN2O2/c1-19(9-10-20-7-3-2-4-8-20)17(21)16-12-13-11-14(18)5-6-15(13)22-16/h5-6,11,16H,2-4,7-10,12H2,1H3. The molecule has 1 amide bonds. The lowest BCUT2D eigenvalue weighted by molar-refractivity contribution is -0.136. The molecule has 2 aliphatic rings. The fourth-order valence-corrected chi connectivity index (χ4v) is 3.38. The van der Waals surface area contributed by atoms with E-state index in [0.717, 1.165) is 37.5 Å². The number of halogens is 1. The van der Waals surface area contributed by atoms with Gasteiger partial charge in [0, 0.05) is 31.6 Å². The van der Waals surface area contributed by atoms with Gasteiger partial charge in [-0.05, 0) is 49.7 Å². The molecule has 0 aromatic heterocycles. The predicted molar refractivity (Wildman–Crippen MR) is 87.5 cm³/mol. The Labute approximate surface area is 137 Å². The third kappa shape index (κ3) is 3.55. The summed E-state index contributed by atoms with van der Waals surface area (Å²) in [5.74, 6) is 0.844. The summed E-state index contributed by atoms with van der Waals surface area (Å²) in [6.07, 6.45) is 4.10. The van der Waals surface area contributed by atoms with Crippen molar-refractivity contribution in [3.8, 4) is 5.75 Å². The van der Waals surface area contributed by atoms with Crippen LogP contribution < -0.4 is 4.74 Å². The summed E-state index contributed by atoms with van der Waals surface area (Å²) in [4.78, 5) is 16.8. The predicted octanol–water partition coefficient (Wildman–Crippen LogP) is 2.59. The van der Waals surface area contributed by atoms with Gasteiger partial charge in [0.05, 0.1) is 0 Å². The highest BCUT2D eigenvalue weighted by atomic mass is 35.5. The Morgan fingerprint density at radius 3 is 2.91 bits per heavy atom. The van der Waals surface area contributed by atoms with Crippen molar-refractivity contribution in [1.82, 2.24) is 9.80 Å². The highest BCUT2D eigenvalue weighted by molar-refractivity contribution is 6.30. The molecular formula is C17H23ClN2O2. The first-order valence-electron chi connectivity index (χ1n) is 8.06. The zero-order valence-corrected chi connectivity index (χ0v) is 13.8. The Morgan fingerprint density at radius 2 is 2.14 bits per heavy atom. The van der Waals surface area contributed by atoms with Crippen molar-refractivity contribution in [1.29, 1.82) is 0 Å². The van der Waals surface area contributed by atoms with E-state index in [4.69, 9.17) is 16.3 Å². The Bertz CT molecular complexity index is 543. The van der Waals surface area contributed by atoms with E-state index in [0.29, 0.717) is 11.4 Å². The number of rotatable bonds is 4. The molecule has 1 aromatic rings. The molecule has 120 valence electrons. The first kappa shape index (κ1) is 15.6. The molecule has 1 unspecified atom stereocenters. The van der Waals surface area contributed by atoms with Gasteiger partial charge in [-0.2, -0.15) is 0 Å². The third-order valence-corrected chi connectivity index (χ3v) is 4.78. The minimum absolute atomic E-state index is 0.0596. The second kappa shape index (κ2) is 6.88. The van der Waals surface area contributed by atoms with Crippen molar-refractivity contribution in [2.75, 3.05) is 33.2 Å². The molecular weight excluding hydrogens is 300 g/mol. The van der Waals surface area contributed by atoms with E-state index >= 15 is 0 Å². The van der Waals surface area contributed by atoms with E-state index < -0.39 is 6.10 Å². The van der Waals surface area contributed by atoms with E-state index in [2.05, 4.69) is 4.90 Å². The lowest BCUT2D eigenvalue weighted by atomic mass is 10.1. The first-order chi connectivity index (χ1) is 10.6. The first-order valence-corrected chi connectivity index (χ1v) is 8.44. The molecule has 0 radical (unpaired) electrons. The minimum atomic E-state index is -0.403. The van der Waals surface area contributed by atoms with Crippen LogP contribution in [-0.2, 0) is 11.2 Å². The quantitative estimate of drug-likeness (QED) is 0.854. The summed E-state index contributed by atoms with van der Waals surface area (Å²) in [6.45, 7) is 4.03. The second-order valence-corrected chi connectivity index (χ2v) is 6.66. The van der Waals surface area contributed by atoms with Crippen LogP contribution in [0.5, 0.6) is 5.75 Å². The van der Waals surface area contributed by atoms with Crippen LogP contribution in [0.1, 0.15) is 24.8 Å². The van der Waals surface area contributed by atoms with Crippen LogP contribution in [0.4, 0.5) is 0 Å². The summed E-state index contributed by atoms with van der Waals surface area (Å²) in [5.41, 5.74) is 1.02. The molecule has 0 saturated carbocycles. The smallest absolute Gasteiger partial charge is 0.263 e. The topological polar surface area (TPSA) is 32.8 Å². The summed E-state index contributed by atoms with van der Waals surface area (Å²) >= 11 is 5.99. The molecule has 4 nitrogen and oxygen atoms in total. The van der Waals surface area contributed by atoms with Crippen molar-refractivity contribution in [2.24, 2.45) is 0 Å². The van der Waals surface area contributed by atoms with Gasteiger partial charge in [0.2, 0.25) is 0 Å². The van der Waals surface area contributed by atoms with Crippen molar-refractivity contribution >= 4 is 17.5 Å². The van der Waals surface area contributed by atoms with Crippen LogP contribution in [0.25, 0.3) is 0 Å². The van der Waals surface area contributed by atoms with Gasteiger partial charge in [-0.25, -0.2) is 0 Å². The van der Waals surface area contributed by atoms with E-state index in [1.165, 1.54) is 19.3 Å². The van der Waals surface area contributed by atoms with Gasteiger partial charge in [-0.3, -0.25) is 4.79 Å². The average molecular weight is 323 g/mol. The summed E-state index contributed by atoms with van der Waals surface area (Å²) in [6, 6.07) is 5.53. The molecule has 22 heavy (non-hydrogen) atoms. The third-order valence-electron chi connectivity index (χ3n) is 4.55. The SMILES string of the molecule is CN(CCN1CCCCC1)C(=O)C1Cc2cc(Cl)ccc2O1. The Balaban J connectivity index is 1.51. The number of nitrogens with zero attached hydrogens (tertiary/aromatic N) is 2. The normalized spacial score (nSPS) is 21.3. The van der Waals surface area contributed by atoms with Gasteiger partial charge in [-0.15, -0.1) is 0 Å². The number of fused-ring (bicyclic) bond motifs is 1. The van der Waals surface area contributed by atoms with E-state index in [1.807, 2.05) is 19.2 Å². The Morgan fingerprint density at radius 1 is 1.36 bits per heavy atom. The van der Waals surface area contributed by atoms with Gasteiger partial charge in [-0.1, -0.05) is 18.0 Å². The number of piperidine rings is 1. The number of carbonyl (C=O) groups is 1. The number of hydrogen-bond donors (Lipinski definition) is 0. The molecule has 0 aliphatic carbocycles. The van der Waals surface area contributed by atoms with E-state index in [1.54, 1.807) is 11.0 Å². The van der Waals surface area contributed by atoms with E-state index in [9.17, 15) is 4.79 Å². The van der Waals surface area contributed by atoms with Crippen molar-refractivity contribution < 1.29 is 9.53 Å². The maximum absolute atomic E-state index is 12.5. The van der Waals surface area contributed by atoms with Crippen LogP contribution in [0.15, 0.2) is 18.2 Å². The monoisotopic (exact) mass is 322 g/mol. The van der Waals surface area contributed by atoms with Crippen LogP contribution in [0.2, 0.25) is 5.02 Å². The van der Waals surface area contributed by atoms with Crippen molar-refractivity contribution in [2.45, 2.75) is 31.8 Å². The largest absolute Gasteiger partial charge is 0.480 e. The molecule has 0 spiro atoms. The van der Waals surface area contributed by atoms with Crippen LogP contribution in [-0.4, -0.2) is 55.0 Å². The lowest BCUT2D eigenvalue weighted by Crippen LogP contribution is -2.43. The van der Waals surface area contributed by atoms with Gasteiger partial charge < -0.3 is 14.5 Å². The number of likely N-dealkylation sites (N-methyl/N-ethyl adjacent to an activating group) is 1. The molecule has 1 atom stereocenters. The number of carbonyl (C=O) groups excluding carboxylic acids is 1. The fourth-order valence-electron chi connectivity index (χ4n) is 3.19. The minimum Gasteiger partial charge on any atom is -0.480 e. The summed E-state index contributed by atoms with van der Waals surface area (Å²) < 4.78 is 5.77. The van der Waals surface area contributed by atoms with Gasteiger partial charge in [0.25, 0.3) is 5.91 Å². The maximum atomic E-state index is 12.5. The van der Waals surface area contributed by atoms with Crippen LogP contribution in [0.3, 0.4) is 0 Å². The zero-order valence-electron chi connectivity index (χ0n) is 13.1. The second-order valence-electron chi connectivity index (χ2n) is 6.22. The number of likely N-dealkylation sites (tertiary alicyclic amines) is 1. The highest BCUT2D eigenvalue weighted by Gasteiger charge is 2.31. The van der Waals surface area contributed by atoms with Crippen LogP contribution in [0, 0.1) is 0 Å². The van der Waals surface area contributed by atoms with Gasteiger partial charge in [0.15, 0.2) is 6.10 Å². The van der Waals surface area contributed by atoms with E-state index in [-0.39, 0.29) is 5.91 Å². The number of benzene rings is 1. The van der Waals surface area contributed by atoms with Gasteiger partial charge in [0.1, 0.15) is 5.75 Å². The average Bonchev–Trinajstić information content (AvgIpc) is 2.95. The highest BCUT2D eigenvalue weighted by Crippen LogP contribution is 2.31. The number of hydrogen-bond acceptors (Lipinski definition) is 3. The van der Waals surface area contributed by atoms with Crippen molar-refractivity contribution in [3.63, 3.8) is 0 Å². The van der Waals surface area contributed by atoms with Crippen molar-refractivity contribution in [3.05, 3.63) is 28.8 Å². The van der Waals surface area contributed by atoms with Crippen LogP contribution >= 0.6 is 11.6 Å². The summed E-state index contributed by atoms with van der Waals surface area (Å²) in [5, 5.41) is 0.689. The molecule has 2 aliphatic heterocycles. The zero-order chi connectivity index (χ0) is 15.5. The molecule has 3 rings (SSSR count). The molecule has 2 heterocycles. The number of amides is 1. The lowest BCUT2D eigenvalue weighted by Gasteiger charge is -2.29. The molecule has 1 aromatic carbocycles. The Kier molecular flexibility index (Phi) is 4.89. The maximum Gasteiger partial charge on any atom is 0.263 e. The molecule has 1 fully saturated rings. The molecule has 0 N–H and O–H groups in total. The molecule has 0 bridgehead atoms. The Hall–Kier alpha value is -1.26. The summed E-state index contributed by atoms with van der Waals surface area (Å²) in [7, 11) is 1.87. The molecule has 5 heteroatoms. The van der Waals surface area contributed by atoms with Gasteiger partial charge >= 0.3 is 0 Å². The number of ether oxygens (including phenoxy) is 1.